The van der Waals surface area contributed by atoms with Gasteiger partial charge in [0, 0.05) is 51.8 Å². The number of rotatable bonds is 5. The van der Waals surface area contributed by atoms with Crippen LogP contribution in [0.2, 0.25) is 0 Å². The summed E-state index contributed by atoms with van der Waals surface area (Å²) in [6, 6.07) is 2.34. The van der Waals surface area contributed by atoms with Crippen LogP contribution >= 0.6 is 0 Å². The molecule has 128 valence electrons. The Morgan fingerprint density at radius 2 is 1.88 bits per heavy atom. The number of aryl methyl sites for hydroxylation is 1. The van der Waals surface area contributed by atoms with E-state index in [1.54, 1.807) is 6.20 Å². The van der Waals surface area contributed by atoms with Gasteiger partial charge in [-0.2, -0.15) is 4.98 Å². The van der Waals surface area contributed by atoms with Crippen LogP contribution in [-0.2, 0) is 6.42 Å². The number of hydrogen-bond donors (Lipinski definition) is 1. The minimum atomic E-state index is 0.418. The third-order valence-corrected chi connectivity index (χ3v) is 4.27. The predicted octanol–water partition coefficient (Wildman–Crippen LogP) is 1.98. The number of piperidine rings is 1. The van der Waals surface area contributed by atoms with Crippen molar-refractivity contribution in [3.8, 4) is 0 Å². The van der Waals surface area contributed by atoms with Crippen molar-refractivity contribution in [3.63, 3.8) is 0 Å². The molecule has 0 atom stereocenters. The van der Waals surface area contributed by atoms with E-state index in [4.69, 9.17) is 0 Å². The highest BCUT2D eigenvalue weighted by Gasteiger charge is 2.21. The first-order valence-electron chi connectivity index (χ1n) is 8.48. The molecule has 24 heavy (non-hydrogen) atoms. The average molecular weight is 327 g/mol. The second-order valence-electron chi connectivity index (χ2n) is 6.29. The Hall–Kier alpha value is -2.44. The van der Waals surface area contributed by atoms with Crippen molar-refractivity contribution in [3.05, 3.63) is 30.2 Å². The standard InChI is InChI=1S/C17H25N7/c1-4-13-11-19-16(20-12-13)24-9-6-14(7-10-24)21-15-5-8-18-17(22-15)23(2)3/h5,8,11-12,14H,4,6-7,9-10H2,1-3H3,(H,18,21,22). The number of nitrogens with zero attached hydrogens (tertiary/aromatic N) is 6. The van der Waals surface area contributed by atoms with Gasteiger partial charge in [-0.15, -0.1) is 0 Å². The lowest BCUT2D eigenvalue weighted by Gasteiger charge is -2.32. The minimum Gasteiger partial charge on any atom is -0.367 e. The SMILES string of the molecule is CCc1cnc(N2CCC(Nc3ccnc(N(C)C)n3)CC2)nc1. The van der Waals surface area contributed by atoms with E-state index >= 15 is 0 Å². The van der Waals surface area contributed by atoms with E-state index in [0.29, 0.717) is 6.04 Å². The van der Waals surface area contributed by atoms with Crippen molar-refractivity contribution >= 4 is 17.7 Å². The summed E-state index contributed by atoms with van der Waals surface area (Å²) in [5.74, 6) is 2.44. The van der Waals surface area contributed by atoms with Crippen molar-refractivity contribution < 1.29 is 0 Å². The normalized spacial score (nSPS) is 15.4. The van der Waals surface area contributed by atoms with Crippen molar-refractivity contribution in [1.29, 1.82) is 0 Å². The van der Waals surface area contributed by atoms with E-state index in [1.165, 1.54) is 5.56 Å². The van der Waals surface area contributed by atoms with Crippen molar-refractivity contribution in [2.75, 3.05) is 42.3 Å². The second kappa shape index (κ2) is 7.42. The molecule has 7 heteroatoms. The molecule has 1 aliphatic heterocycles. The maximum Gasteiger partial charge on any atom is 0.226 e. The Labute approximate surface area is 143 Å². The maximum atomic E-state index is 4.53. The molecule has 3 rings (SSSR count). The third kappa shape index (κ3) is 3.90. The molecule has 0 spiro atoms. The van der Waals surface area contributed by atoms with Gasteiger partial charge in [-0.1, -0.05) is 6.92 Å². The molecule has 2 aromatic heterocycles. The van der Waals surface area contributed by atoms with Crippen LogP contribution in [0.15, 0.2) is 24.7 Å². The van der Waals surface area contributed by atoms with E-state index in [2.05, 4.69) is 37.1 Å². The Morgan fingerprint density at radius 1 is 1.17 bits per heavy atom. The summed E-state index contributed by atoms with van der Waals surface area (Å²) in [5, 5.41) is 3.52. The monoisotopic (exact) mass is 327 g/mol. The molecule has 0 aliphatic carbocycles. The lowest BCUT2D eigenvalue weighted by atomic mass is 10.1. The van der Waals surface area contributed by atoms with Crippen molar-refractivity contribution in [2.45, 2.75) is 32.2 Å². The summed E-state index contributed by atoms with van der Waals surface area (Å²) in [6.45, 7) is 4.02. The zero-order chi connectivity index (χ0) is 16.9. The fourth-order valence-corrected chi connectivity index (χ4v) is 2.77. The van der Waals surface area contributed by atoms with Gasteiger partial charge in [-0.3, -0.25) is 0 Å². The van der Waals surface area contributed by atoms with Crippen LogP contribution in [0.4, 0.5) is 17.7 Å². The molecule has 1 aliphatic rings. The second-order valence-corrected chi connectivity index (χ2v) is 6.29. The number of hydrogen-bond acceptors (Lipinski definition) is 7. The largest absolute Gasteiger partial charge is 0.367 e. The van der Waals surface area contributed by atoms with E-state index in [1.807, 2.05) is 37.5 Å². The number of aromatic nitrogens is 4. The van der Waals surface area contributed by atoms with Gasteiger partial charge >= 0.3 is 0 Å². The molecule has 1 N–H and O–H groups in total. The summed E-state index contributed by atoms with van der Waals surface area (Å²) in [4.78, 5) is 21.9. The summed E-state index contributed by atoms with van der Waals surface area (Å²) in [7, 11) is 3.89. The van der Waals surface area contributed by atoms with Crippen LogP contribution in [-0.4, -0.2) is 53.2 Å². The Morgan fingerprint density at radius 3 is 2.50 bits per heavy atom. The van der Waals surface area contributed by atoms with Crippen LogP contribution in [0.1, 0.15) is 25.3 Å². The summed E-state index contributed by atoms with van der Waals surface area (Å²) in [5.41, 5.74) is 1.18. The Bertz CT molecular complexity index is 648. The van der Waals surface area contributed by atoms with Crippen LogP contribution in [0.25, 0.3) is 0 Å². The zero-order valence-electron chi connectivity index (χ0n) is 14.6. The highest BCUT2D eigenvalue weighted by Crippen LogP contribution is 2.19. The van der Waals surface area contributed by atoms with Crippen molar-refractivity contribution in [1.82, 2.24) is 19.9 Å². The van der Waals surface area contributed by atoms with Crippen LogP contribution < -0.4 is 15.1 Å². The highest BCUT2D eigenvalue weighted by molar-refractivity contribution is 5.41. The first-order chi connectivity index (χ1) is 11.7. The molecule has 0 saturated carbocycles. The van der Waals surface area contributed by atoms with E-state index in [-0.39, 0.29) is 0 Å². The lowest BCUT2D eigenvalue weighted by Crippen LogP contribution is -2.40. The molecule has 1 fully saturated rings. The molecule has 0 radical (unpaired) electrons. The number of anilines is 3. The number of nitrogens with one attached hydrogen (secondary N) is 1. The van der Waals surface area contributed by atoms with Gasteiger partial charge in [-0.05, 0) is 30.9 Å². The molecule has 0 amide bonds. The van der Waals surface area contributed by atoms with Crippen LogP contribution in [0, 0.1) is 0 Å². The summed E-state index contributed by atoms with van der Waals surface area (Å²) in [6.07, 6.45) is 8.70. The molecule has 1 saturated heterocycles. The molecule has 0 bridgehead atoms. The molecule has 0 aromatic carbocycles. The molecule has 7 nitrogen and oxygen atoms in total. The zero-order valence-corrected chi connectivity index (χ0v) is 14.6. The van der Waals surface area contributed by atoms with E-state index in [9.17, 15) is 0 Å². The molecule has 0 unspecified atom stereocenters. The van der Waals surface area contributed by atoms with Gasteiger partial charge in [-0.25, -0.2) is 15.0 Å². The van der Waals surface area contributed by atoms with Gasteiger partial charge in [0.2, 0.25) is 11.9 Å². The fourth-order valence-electron chi connectivity index (χ4n) is 2.77. The smallest absolute Gasteiger partial charge is 0.226 e. The topological polar surface area (TPSA) is 70.1 Å². The Kier molecular flexibility index (Phi) is 5.08. The van der Waals surface area contributed by atoms with Crippen LogP contribution in [0.5, 0.6) is 0 Å². The van der Waals surface area contributed by atoms with E-state index in [0.717, 1.165) is 50.1 Å². The van der Waals surface area contributed by atoms with Crippen LogP contribution in [0.3, 0.4) is 0 Å². The van der Waals surface area contributed by atoms with Gasteiger partial charge in [0.25, 0.3) is 0 Å². The van der Waals surface area contributed by atoms with Crippen molar-refractivity contribution in [2.24, 2.45) is 0 Å². The van der Waals surface area contributed by atoms with E-state index < -0.39 is 0 Å². The summed E-state index contributed by atoms with van der Waals surface area (Å²) < 4.78 is 0. The molecular formula is C17H25N7. The molecular weight excluding hydrogens is 302 g/mol. The average Bonchev–Trinajstić information content (AvgIpc) is 2.63. The van der Waals surface area contributed by atoms with Gasteiger partial charge < -0.3 is 15.1 Å². The highest BCUT2D eigenvalue weighted by atomic mass is 15.3. The van der Waals surface area contributed by atoms with Gasteiger partial charge in [0.1, 0.15) is 5.82 Å². The lowest BCUT2D eigenvalue weighted by molar-refractivity contribution is 0.518. The maximum absolute atomic E-state index is 4.53. The van der Waals surface area contributed by atoms with Gasteiger partial charge in [0.15, 0.2) is 0 Å². The predicted molar refractivity (Wildman–Crippen MR) is 96.6 cm³/mol. The third-order valence-electron chi connectivity index (χ3n) is 4.27. The molecule has 3 heterocycles. The first-order valence-corrected chi connectivity index (χ1v) is 8.48. The fraction of sp³-hybridized carbons (Fsp3) is 0.529. The summed E-state index contributed by atoms with van der Waals surface area (Å²) >= 11 is 0. The minimum absolute atomic E-state index is 0.418. The first kappa shape index (κ1) is 16.4. The quantitative estimate of drug-likeness (QED) is 0.900. The molecule has 2 aromatic rings. The van der Waals surface area contributed by atoms with Gasteiger partial charge in [0.05, 0.1) is 0 Å². The Balaban J connectivity index is 1.56.